The summed E-state index contributed by atoms with van der Waals surface area (Å²) in [6, 6.07) is 7.33. The largest absolute Gasteiger partial charge is 0.383 e. The van der Waals surface area contributed by atoms with Crippen LogP contribution < -0.4 is 11.1 Å². The van der Waals surface area contributed by atoms with Crippen molar-refractivity contribution in [1.82, 2.24) is 24.7 Å². The second-order valence-electron chi connectivity index (χ2n) is 6.22. The summed E-state index contributed by atoms with van der Waals surface area (Å²) >= 11 is 1.37. The molecular weight excluding hydrogens is 362 g/mol. The lowest BCUT2D eigenvalue weighted by atomic mass is 10.1. The number of hydrogen-bond donors (Lipinski definition) is 2. The monoisotopic (exact) mass is 379 g/mol. The van der Waals surface area contributed by atoms with Crippen LogP contribution in [0.1, 0.15) is 30.2 Å². The summed E-state index contributed by atoms with van der Waals surface area (Å²) in [7, 11) is 0. The molecule has 3 N–H and O–H groups in total. The first-order chi connectivity index (χ1) is 13.0. The number of carbonyl (C=O) groups excluding carboxylic acids is 1. The highest BCUT2D eigenvalue weighted by Gasteiger charge is 2.19. The summed E-state index contributed by atoms with van der Waals surface area (Å²) in [5.74, 6) is 0.128. The number of nitrogen functional groups attached to an aromatic ring is 1. The highest BCUT2D eigenvalue weighted by atomic mass is 32.1. The molecule has 0 atom stereocenters. The second-order valence-corrected chi connectivity index (χ2v) is 7.11. The summed E-state index contributed by atoms with van der Waals surface area (Å²) in [5.41, 5.74) is 8.71. The van der Waals surface area contributed by atoms with Gasteiger partial charge in [0.15, 0.2) is 10.8 Å². The number of aromatic nitrogens is 5. The number of nitrogens with one attached hydrogen (secondary N) is 1. The number of nitrogens with two attached hydrogens (primary N) is 1. The van der Waals surface area contributed by atoms with E-state index in [2.05, 4.69) is 25.4 Å². The van der Waals surface area contributed by atoms with Crippen molar-refractivity contribution in [2.75, 3.05) is 11.1 Å². The van der Waals surface area contributed by atoms with E-state index < -0.39 is 0 Å². The first-order valence-corrected chi connectivity index (χ1v) is 9.22. The molecule has 0 saturated heterocycles. The third kappa shape index (κ3) is 3.13. The van der Waals surface area contributed by atoms with Crippen molar-refractivity contribution in [2.45, 2.75) is 19.9 Å². The van der Waals surface area contributed by atoms with E-state index in [-0.39, 0.29) is 11.9 Å². The van der Waals surface area contributed by atoms with Crippen LogP contribution in [0.3, 0.4) is 0 Å². The Morgan fingerprint density at radius 1 is 1.26 bits per heavy atom. The van der Waals surface area contributed by atoms with E-state index in [1.54, 1.807) is 23.7 Å². The Balaban J connectivity index is 1.79. The topological polar surface area (TPSA) is 112 Å². The van der Waals surface area contributed by atoms with Gasteiger partial charge in [-0.1, -0.05) is 12.1 Å². The minimum Gasteiger partial charge on any atom is -0.383 e. The second kappa shape index (κ2) is 6.76. The van der Waals surface area contributed by atoms with Gasteiger partial charge in [0.2, 0.25) is 0 Å². The molecule has 0 aliphatic rings. The van der Waals surface area contributed by atoms with E-state index in [0.717, 1.165) is 5.56 Å². The van der Waals surface area contributed by atoms with Crippen LogP contribution in [0.15, 0.2) is 42.2 Å². The summed E-state index contributed by atoms with van der Waals surface area (Å²) in [6.45, 7) is 4.04. The molecule has 1 amide bonds. The molecule has 0 bridgehead atoms. The molecule has 0 fully saturated rings. The molecule has 8 nitrogen and oxygen atoms in total. The predicted octanol–water partition coefficient (Wildman–Crippen LogP) is 3.37. The van der Waals surface area contributed by atoms with Crippen molar-refractivity contribution in [1.29, 1.82) is 0 Å². The third-order valence-electron chi connectivity index (χ3n) is 4.06. The lowest BCUT2D eigenvalue weighted by Crippen LogP contribution is -2.11. The molecule has 0 aliphatic heterocycles. The zero-order valence-electron chi connectivity index (χ0n) is 14.7. The number of rotatable bonds is 4. The normalized spacial score (nSPS) is 11.2. The number of anilines is 2. The fourth-order valence-electron chi connectivity index (χ4n) is 2.82. The Bertz CT molecular complexity index is 1120. The van der Waals surface area contributed by atoms with Crippen LogP contribution in [0.5, 0.6) is 0 Å². The number of nitrogens with zero attached hydrogens (tertiary/aromatic N) is 5. The smallest absolute Gasteiger partial charge is 0.257 e. The van der Waals surface area contributed by atoms with Crippen molar-refractivity contribution in [3.63, 3.8) is 0 Å². The average Bonchev–Trinajstić information content (AvgIpc) is 3.30. The van der Waals surface area contributed by atoms with Gasteiger partial charge in [-0.15, -0.1) is 11.3 Å². The Labute approximate surface area is 159 Å². The van der Waals surface area contributed by atoms with E-state index >= 15 is 0 Å². The van der Waals surface area contributed by atoms with Gasteiger partial charge in [-0.25, -0.2) is 19.6 Å². The lowest BCUT2D eigenvalue weighted by molar-refractivity contribution is 0.102. The summed E-state index contributed by atoms with van der Waals surface area (Å²) in [6.07, 6.45) is 3.07. The molecule has 27 heavy (non-hydrogen) atoms. The third-order valence-corrected chi connectivity index (χ3v) is 4.75. The van der Waals surface area contributed by atoms with Gasteiger partial charge < -0.3 is 5.73 Å². The zero-order chi connectivity index (χ0) is 19.0. The van der Waals surface area contributed by atoms with Crippen LogP contribution in [-0.2, 0) is 0 Å². The molecule has 3 heterocycles. The maximum Gasteiger partial charge on any atom is 0.257 e. The predicted molar refractivity (Wildman–Crippen MR) is 106 cm³/mol. The highest BCUT2D eigenvalue weighted by Crippen LogP contribution is 2.32. The molecule has 0 spiro atoms. The molecule has 3 aromatic heterocycles. The average molecular weight is 379 g/mol. The molecule has 4 aromatic rings. The van der Waals surface area contributed by atoms with Crippen molar-refractivity contribution < 1.29 is 4.79 Å². The zero-order valence-corrected chi connectivity index (χ0v) is 15.6. The quantitative estimate of drug-likeness (QED) is 0.562. The number of amides is 1. The fraction of sp³-hybridized carbons (Fsp3) is 0.167. The fourth-order valence-corrected chi connectivity index (χ4v) is 3.34. The number of carbonyl (C=O) groups is 1. The van der Waals surface area contributed by atoms with E-state index in [0.29, 0.717) is 33.2 Å². The molecule has 0 unspecified atom stereocenters. The maximum absolute atomic E-state index is 12.5. The van der Waals surface area contributed by atoms with Gasteiger partial charge in [-0.3, -0.25) is 10.1 Å². The number of hydrogen-bond acceptors (Lipinski definition) is 7. The number of fused-ring (bicyclic) bond motifs is 1. The van der Waals surface area contributed by atoms with Crippen LogP contribution in [0, 0.1) is 0 Å². The molecule has 0 radical (unpaired) electrons. The maximum atomic E-state index is 12.5. The van der Waals surface area contributed by atoms with Gasteiger partial charge in [-0.2, -0.15) is 5.10 Å². The van der Waals surface area contributed by atoms with Gasteiger partial charge >= 0.3 is 0 Å². The minimum absolute atomic E-state index is 0.104. The molecule has 0 saturated carbocycles. The van der Waals surface area contributed by atoms with Crippen LogP contribution >= 0.6 is 11.3 Å². The highest BCUT2D eigenvalue weighted by molar-refractivity contribution is 7.13. The van der Waals surface area contributed by atoms with Crippen LogP contribution in [0.25, 0.3) is 22.3 Å². The molecule has 136 valence electrons. The van der Waals surface area contributed by atoms with Crippen molar-refractivity contribution in [2.24, 2.45) is 0 Å². The number of thiazole rings is 1. The van der Waals surface area contributed by atoms with Gasteiger partial charge in [-0.05, 0) is 26.0 Å². The van der Waals surface area contributed by atoms with E-state index in [9.17, 15) is 4.79 Å². The lowest BCUT2D eigenvalue weighted by Gasteiger charge is -2.05. The Kier molecular flexibility index (Phi) is 4.28. The van der Waals surface area contributed by atoms with E-state index in [1.807, 2.05) is 30.7 Å². The van der Waals surface area contributed by atoms with Crippen LogP contribution in [0.4, 0.5) is 10.9 Å². The molecule has 0 aliphatic carbocycles. The summed E-state index contributed by atoms with van der Waals surface area (Å²) in [4.78, 5) is 25.0. The van der Waals surface area contributed by atoms with Gasteiger partial charge in [0.1, 0.15) is 17.8 Å². The molecular formula is C18H17N7OS. The van der Waals surface area contributed by atoms with Gasteiger partial charge in [0.25, 0.3) is 5.91 Å². The van der Waals surface area contributed by atoms with E-state index in [1.165, 1.54) is 17.7 Å². The SMILES string of the molecule is CC(C)n1nc(-c2cccc(C(=O)Nc3nccs3)c2)c2c(N)ncnc21. The Morgan fingerprint density at radius 2 is 2.11 bits per heavy atom. The van der Waals surface area contributed by atoms with Crippen LogP contribution in [-0.4, -0.2) is 30.6 Å². The molecule has 4 rings (SSSR count). The minimum atomic E-state index is -0.233. The molecule has 1 aromatic carbocycles. The van der Waals surface area contributed by atoms with Crippen molar-refractivity contribution in [3.8, 4) is 11.3 Å². The van der Waals surface area contributed by atoms with Crippen LogP contribution in [0.2, 0.25) is 0 Å². The van der Waals surface area contributed by atoms with Crippen molar-refractivity contribution >= 4 is 39.2 Å². The summed E-state index contributed by atoms with van der Waals surface area (Å²) in [5, 5.41) is 10.5. The van der Waals surface area contributed by atoms with Gasteiger partial charge in [0, 0.05) is 28.7 Å². The first-order valence-electron chi connectivity index (χ1n) is 8.34. The Morgan fingerprint density at radius 3 is 2.85 bits per heavy atom. The summed E-state index contributed by atoms with van der Waals surface area (Å²) < 4.78 is 1.81. The van der Waals surface area contributed by atoms with E-state index in [4.69, 9.17) is 5.73 Å². The molecule has 9 heteroatoms. The standard InChI is InChI=1S/C18H17N7OS/c1-10(2)25-16-13(15(19)21-9-22-16)14(24-25)11-4-3-5-12(8-11)17(26)23-18-20-6-7-27-18/h3-10H,1-2H3,(H2,19,21,22)(H,20,23,26). The number of benzene rings is 1. The van der Waals surface area contributed by atoms with Crippen molar-refractivity contribution in [3.05, 3.63) is 47.7 Å². The van der Waals surface area contributed by atoms with Gasteiger partial charge in [0.05, 0.1) is 5.39 Å². The Hall–Kier alpha value is -3.33. The first kappa shape index (κ1) is 17.1.